The van der Waals surface area contributed by atoms with Crippen LogP contribution < -0.4 is 11.4 Å². The number of aromatic amines is 4. The molecule has 0 unspecified atom stereocenters. The number of fused-ring (bicyclic) bond motifs is 2. The molecular weight excluding hydrogens is 308 g/mol. The Kier molecular flexibility index (Phi) is 3.23. The Labute approximate surface area is 124 Å². The van der Waals surface area contributed by atoms with Crippen molar-refractivity contribution in [2.45, 2.75) is 0 Å². The standard InChI is InChI=1S/C10H6N10O2.H2O/c21-9-15-3-5(17-9)11-1-13-7(3)19-20-8-4-6(12-2-14-8)18-10(22)16-4;/h1-2H,(H2,11,13,15,17,21)(H2,12,14,16,18,22);1H2. The molecule has 0 radical (unpaired) electrons. The zero-order chi connectivity index (χ0) is 15.1. The van der Waals surface area contributed by atoms with Crippen LogP contribution in [0.1, 0.15) is 0 Å². The molecule has 0 aliphatic carbocycles. The number of hydrogen-bond acceptors (Lipinski definition) is 8. The van der Waals surface area contributed by atoms with Gasteiger partial charge in [-0.05, 0) is 0 Å². The number of aromatic nitrogens is 8. The summed E-state index contributed by atoms with van der Waals surface area (Å²) in [6.45, 7) is 0. The van der Waals surface area contributed by atoms with Gasteiger partial charge in [-0.3, -0.25) is 9.97 Å². The monoisotopic (exact) mass is 316 g/mol. The summed E-state index contributed by atoms with van der Waals surface area (Å²) in [6, 6.07) is 0. The first-order chi connectivity index (χ1) is 10.7. The molecule has 4 rings (SSSR count). The average molecular weight is 316 g/mol. The van der Waals surface area contributed by atoms with Crippen molar-refractivity contribution in [2.24, 2.45) is 10.2 Å². The molecule has 6 N–H and O–H groups in total. The van der Waals surface area contributed by atoms with E-state index in [1.54, 1.807) is 0 Å². The highest BCUT2D eigenvalue weighted by molar-refractivity contribution is 5.81. The molecule has 0 spiro atoms. The van der Waals surface area contributed by atoms with Gasteiger partial charge in [0.05, 0.1) is 0 Å². The Balaban J connectivity index is 0.00000156. The quantitative estimate of drug-likeness (QED) is 0.348. The predicted octanol–water partition coefficient (Wildman–Crippen LogP) is -0.804. The fraction of sp³-hybridized carbons (Fsp3) is 0. The third-order valence-corrected chi connectivity index (χ3v) is 2.83. The zero-order valence-electron chi connectivity index (χ0n) is 11.2. The molecule has 4 aromatic heterocycles. The van der Waals surface area contributed by atoms with Gasteiger partial charge in [0.25, 0.3) is 0 Å². The number of H-pyrrole nitrogens is 4. The van der Waals surface area contributed by atoms with Crippen LogP contribution in [0, 0.1) is 0 Å². The van der Waals surface area contributed by atoms with Gasteiger partial charge in [0.2, 0.25) is 11.6 Å². The van der Waals surface area contributed by atoms with E-state index < -0.39 is 11.4 Å². The summed E-state index contributed by atoms with van der Waals surface area (Å²) in [5.41, 5.74) is 0.430. The van der Waals surface area contributed by atoms with Crippen molar-refractivity contribution in [1.29, 1.82) is 0 Å². The molecule has 0 aliphatic heterocycles. The second-order valence-corrected chi connectivity index (χ2v) is 4.20. The van der Waals surface area contributed by atoms with Crippen LogP contribution in [0.4, 0.5) is 11.6 Å². The highest BCUT2D eigenvalue weighted by Crippen LogP contribution is 2.22. The lowest BCUT2D eigenvalue weighted by atomic mass is 10.5. The molecule has 13 nitrogen and oxygen atoms in total. The molecule has 23 heavy (non-hydrogen) atoms. The Bertz CT molecular complexity index is 1040. The van der Waals surface area contributed by atoms with E-state index >= 15 is 0 Å². The summed E-state index contributed by atoms with van der Waals surface area (Å²) in [5.74, 6) is 0.320. The van der Waals surface area contributed by atoms with Crippen LogP contribution in [-0.2, 0) is 0 Å². The molecule has 0 saturated heterocycles. The molecule has 4 aromatic rings. The van der Waals surface area contributed by atoms with Crippen LogP contribution in [0.2, 0.25) is 0 Å². The second-order valence-electron chi connectivity index (χ2n) is 4.20. The Morgan fingerprint density at radius 2 is 1.13 bits per heavy atom. The van der Waals surface area contributed by atoms with E-state index in [1.807, 2.05) is 0 Å². The van der Waals surface area contributed by atoms with Gasteiger partial charge in [-0.15, -0.1) is 10.2 Å². The molecule has 13 heteroatoms. The van der Waals surface area contributed by atoms with Crippen LogP contribution in [-0.4, -0.2) is 45.3 Å². The first kappa shape index (κ1) is 14.2. The minimum Gasteiger partial charge on any atom is -0.412 e. The lowest BCUT2D eigenvalue weighted by Crippen LogP contribution is -1.99. The number of nitrogens with zero attached hydrogens (tertiary/aromatic N) is 6. The average Bonchev–Trinajstić information content (AvgIpc) is 3.06. The number of hydrogen-bond donors (Lipinski definition) is 4. The molecule has 4 heterocycles. The fourth-order valence-electron chi connectivity index (χ4n) is 1.92. The van der Waals surface area contributed by atoms with Gasteiger partial charge < -0.3 is 15.4 Å². The van der Waals surface area contributed by atoms with Gasteiger partial charge in [-0.2, -0.15) is 0 Å². The lowest BCUT2D eigenvalue weighted by Gasteiger charge is -1.94. The molecule has 0 aromatic carbocycles. The smallest absolute Gasteiger partial charge is 0.325 e. The zero-order valence-corrected chi connectivity index (χ0v) is 11.2. The van der Waals surface area contributed by atoms with Crippen molar-refractivity contribution < 1.29 is 5.48 Å². The number of imidazole rings is 2. The summed E-state index contributed by atoms with van der Waals surface area (Å²) in [7, 11) is 0. The van der Waals surface area contributed by atoms with E-state index in [-0.39, 0.29) is 17.1 Å². The lowest BCUT2D eigenvalue weighted by molar-refractivity contribution is 0.824. The van der Waals surface area contributed by atoms with Gasteiger partial charge in [0.1, 0.15) is 23.7 Å². The first-order valence-corrected chi connectivity index (χ1v) is 5.98. The van der Waals surface area contributed by atoms with Crippen LogP contribution in [0.3, 0.4) is 0 Å². The number of azo groups is 1. The van der Waals surface area contributed by atoms with Gasteiger partial charge in [-0.25, -0.2) is 29.5 Å². The molecular formula is C10H8N10O3. The Morgan fingerprint density at radius 1 is 0.696 bits per heavy atom. The first-order valence-electron chi connectivity index (χ1n) is 5.98. The van der Waals surface area contributed by atoms with Crippen LogP contribution in [0.25, 0.3) is 22.3 Å². The summed E-state index contributed by atoms with van der Waals surface area (Å²) in [4.78, 5) is 48.2. The van der Waals surface area contributed by atoms with Crippen molar-refractivity contribution in [1.82, 2.24) is 39.9 Å². The normalized spacial score (nSPS) is 11.3. The maximum Gasteiger partial charge on any atom is 0.325 e. The van der Waals surface area contributed by atoms with Gasteiger partial charge in [-0.1, -0.05) is 0 Å². The number of rotatable bonds is 2. The van der Waals surface area contributed by atoms with E-state index in [1.165, 1.54) is 12.7 Å². The number of nitrogens with one attached hydrogen (secondary N) is 4. The molecule has 0 atom stereocenters. The summed E-state index contributed by atoms with van der Waals surface area (Å²) in [6.07, 6.45) is 2.49. The molecule has 0 fully saturated rings. The molecule has 116 valence electrons. The van der Waals surface area contributed by atoms with Crippen molar-refractivity contribution in [3.63, 3.8) is 0 Å². The van der Waals surface area contributed by atoms with Crippen molar-refractivity contribution in [2.75, 3.05) is 0 Å². The van der Waals surface area contributed by atoms with E-state index in [4.69, 9.17) is 0 Å². The third kappa shape index (κ3) is 2.36. The molecule has 0 aliphatic rings. The fourth-order valence-corrected chi connectivity index (χ4v) is 1.92. The van der Waals surface area contributed by atoms with E-state index in [0.717, 1.165) is 0 Å². The minimum atomic E-state index is -0.425. The summed E-state index contributed by atoms with van der Waals surface area (Å²) < 4.78 is 0. The van der Waals surface area contributed by atoms with E-state index in [9.17, 15) is 9.59 Å². The SMILES string of the molecule is O.O=c1[nH]c2ncnc(N=Nc3ncnc4[nH]c(=O)[nH]c34)c2[nH]1. The summed E-state index contributed by atoms with van der Waals surface area (Å²) in [5, 5.41) is 7.87. The molecule has 0 saturated carbocycles. The van der Waals surface area contributed by atoms with Crippen molar-refractivity contribution >= 4 is 34.0 Å². The van der Waals surface area contributed by atoms with Gasteiger partial charge >= 0.3 is 11.4 Å². The van der Waals surface area contributed by atoms with Gasteiger partial charge in [0.15, 0.2) is 11.3 Å². The maximum absolute atomic E-state index is 11.3. The maximum atomic E-state index is 11.3. The molecule has 0 amide bonds. The van der Waals surface area contributed by atoms with Crippen molar-refractivity contribution in [3.8, 4) is 0 Å². The highest BCUT2D eigenvalue weighted by atomic mass is 16.1. The summed E-state index contributed by atoms with van der Waals surface area (Å²) >= 11 is 0. The highest BCUT2D eigenvalue weighted by Gasteiger charge is 2.08. The Morgan fingerprint density at radius 3 is 1.57 bits per heavy atom. The third-order valence-electron chi connectivity index (χ3n) is 2.83. The van der Waals surface area contributed by atoms with Crippen LogP contribution >= 0.6 is 0 Å². The Hall–Kier alpha value is -3.74. The van der Waals surface area contributed by atoms with Gasteiger partial charge in [0, 0.05) is 0 Å². The van der Waals surface area contributed by atoms with E-state index in [2.05, 4.69) is 50.1 Å². The van der Waals surface area contributed by atoms with Crippen LogP contribution in [0.15, 0.2) is 32.5 Å². The second kappa shape index (κ2) is 5.23. The van der Waals surface area contributed by atoms with E-state index in [0.29, 0.717) is 22.3 Å². The largest absolute Gasteiger partial charge is 0.412 e. The van der Waals surface area contributed by atoms with Crippen molar-refractivity contribution in [3.05, 3.63) is 33.6 Å². The van der Waals surface area contributed by atoms with Crippen LogP contribution in [0.5, 0.6) is 0 Å². The minimum absolute atomic E-state index is 0. The predicted molar refractivity (Wildman–Crippen MR) is 76.8 cm³/mol. The molecule has 0 bridgehead atoms. The topological polar surface area (TPSA) is 205 Å².